The standard InChI is InChI=1S/C11H19N7/c1-7-4-9(3)18(17-7)6-8(2)13-5-10-14-11(12)16-15-10/h4,8,13H,5-6H2,1-3H3,(H3,12,14,15,16)/t8-/m0/s1. The van der Waals surface area contributed by atoms with Crippen LogP contribution in [-0.2, 0) is 13.1 Å². The minimum absolute atomic E-state index is 0.276. The normalized spacial score (nSPS) is 12.8. The first-order valence-electron chi connectivity index (χ1n) is 5.96. The van der Waals surface area contributed by atoms with E-state index >= 15 is 0 Å². The van der Waals surface area contributed by atoms with Gasteiger partial charge in [0.05, 0.1) is 18.8 Å². The molecule has 7 nitrogen and oxygen atoms in total. The molecule has 98 valence electrons. The number of nitrogens with two attached hydrogens (primary N) is 1. The molecule has 0 unspecified atom stereocenters. The third kappa shape index (κ3) is 3.07. The van der Waals surface area contributed by atoms with E-state index in [1.807, 2.05) is 11.6 Å². The van der Waals surface area contributed by atoms with Gasteiger partial charge in [0, 0.05) is 11.7 Å². The van der Waals surface area contributed by atoms with E-state index < -0.39 is 0 Å². The van der Waals surface area contributed by atoms with Gasteiger partial charge in [-0.1, -0.05) is 0 Å². The van der Waals surface area contributed by atoms with E-state index in [2.05, 4.69) is 45.5 Å². The van der Waals surface area contributed by atoms with Crippen molar-refractivity contribution in [2.45, 2.75) is 39.9 Å². The summed E-state index contributed by atoms with van der Waals surface area (Å²) in [6.45, 7) is 7.60. The van der Waals surface area contributed by atoms with Crippen LogP contribution in [-0.4, -0.2) is 31.0 Å². The minimum atomic E-state index is 0.276. The molecule has 0 fully saturated rings. The van der Waals surface area contributed by atoms with E-state index in [9.17, 15) is 0 Å². The molecule has 4 N–H and O–H groups in total. The summed E-state index contributed by atoms with van der Waals surface area (Å²) in [7, 11) is 0. The second-order valence-electron chi connectivity index (χ2n) is 4.53. The number of nitrogen functional groups attached to an aromatic ring is 1. The molecule has 0 radical (unpaired) electrons. The molecule has 0 aliphatic carbocycles. The molecule has 2 rings (SSSR count). The summed E-state index contributed by atoms with van der Waals surface area (Å²) in [4.78, 5) is 4.04. The van der Waals surface area contributed by atoms with Crippen LogP contribution in [0.5, 0.6) is 0 Å². The molecule has 2 aromatic rings. The number of hydrogen-bond acceptors (Lipinski definition) is 5. The lowest BCUT2D eigenvalue weighted by atomic mass is 10.3. The van der Waals surface area contributed by atoms with E-state index in [0.717, 1.165) is 18.1 Å². The Morgan fingerprint density at radius 3 is 2.83 bits per heavy atom. The molecular formula is C11H19N7. The predicted molar refractivity (Wildman–Crippen MR) is 68.8 cm³/mol. The van der Waals surface area contributed by atoms with E-state index in [1.165, 1.54) is 5.69 Å². The SMILES string of the molecule is Cc1cc(C)n(C[C@H](C)NCc2nc(N)n[nH]2)n1. The molecular weight excluding hydrogens is 230 g/mol. The maximum Gasteiger partial charge on any atom is 0.239 e. The van der Waals surface area contributed by atoms with Crippen LogP contribution >= 0.6 is 0 Å². The van der Waals surface area contributed by atoms with Crippen LogP contribution in [0.25, 0.3) is 0 Å². The van der Waals surface area contributed by atoms with Crippen LogP contribution in [0.1, 0.15) is 24.1 Å². The topological polar surface area (TPSA) is 97.4 Å². The number of hydrogen-bond donors (Lipinski definition) is 3. The van der Waals surface area contributed by atoms with Crippen molar-refractivity contribution in [2.75, 3.05) is 5.73 Å². The second kappa shape index (κ2) is 5.18. The maximum absolute atomic E-state index is 5.44. The lowest BCUT2D eigenvalue weighted by molar-refractivity contribution is 0.439. The number of aromatic nitrogens is 5. The van der Waals surface area contributed by atoms with Crippen LogP contribution < -0.4 is 11.1 Å². The number of rotatable bonds is 5. The van der Waals surface area contributed by atoms with E-state index in [-0.39, 0.29) is 12.0 Å². The van der Waals surface area contributed by atoms with E-state index in [1.54, 1.807) is 0 Å². The summed E-state index contributed by atoms with van der Waals surface area (Å²) >= 11 is 0. The lowest BCUT2D eigenvalue weighted by Gasteiger charge is -2.13. The minimum Gasteiger partial charge on any atom is -0.367 e. The summed E-state index contributed by atoms with van der Waals surface area (Å²) in [6.07, 6.45) is 0. The first-order valence-corrected chi connectivity index (χ1v) is 5.96. The van der Waals surface area contributed by atoms with Crippen molar-refractivity contribution < 1.29 is 0 Å². The fourth-order valence-electron chi connectivity index (χ4n) is 1.84. The van der Waals surface area contributed by atoms with Crippen LogP contribution in [0.3, 0.4) is 0 Å². The van der Waals surface area contributed by atoms with Crippen molar-refractivity contribution in [2.24, 2.45) is 0 Å². The highest BCUT2D eigenvalue weighted by molar-refractivity contribution is 5.12. The molecule has 18 heavy (non-hydrogen) atoms. The second-order valence-corrected chi connectivity index (χ2v) is 4.53. The van der Waals surface area contributed by atoms with Crippen LogP contribution in [0.4, 0.5) is 5.95 Å². The van der Waals surface area contributed by atoms with Gasteiger partial charge >= 0.3 is 0 Å². The van der Waals surface area contributed by atoms with Gasteiger partial charge in [0.25, 0.3) is 0 Å². The van der Waals surface area contributed by atoms with Gasteiger partial charge in [-0.2, -0.15) is 10.1 Å². The van der Waals surface area contributed by atoms with Crippen LogP contribution in [0.15, 0.2) is 6.07 Å². The van der Waals surface area contributed by atoms with Gasteiger partial charge < -0.3 is 11.1 Å². The van der Waals surface area contributed by atoms with Crippen molar-refractivity contribution in [3.63, 3.8) is 0 Å². The molecule has 1 atom stereocenters. The first kappa shape index (κ1) is 12.6. The van der Waals surface area contributed by atoms with Gasteiger partial charge in [-0.3, -0.25) is 9.78 Å². The Morgan fingerprint density at radius 1 is 1.50 bits per heavy atom. The summed E-state index contributed by atoms with van der Waals surface area (Å²) < 4.78 is 2.00. The Kier molecular flexibility index (Phi) is 3.61. The zero-order valence-corrected chi connectivity index (χ0v) is 10.9. The molecule has 0 saturated carbocycles. The Balaban J connectivity index is 1.85. The quantitative estimate of drug-likeness (QED) is 0.711. The predicted octanol–water partition coefficient (Wildman–Crippen LogP) is 0.379. The summed E-state index contributed by atoms with van der Waals surface area (Å²) in [5, 5.41) is 14.3. The third-order valence-corrected chi connectivity index (χ3v) is 2.72. The molecule has 0 amide bonds. The molecule has 2 heterocycles. The van der Waals surface area contributed by atoms with Crippen molar-refractivity contribution in [1.82, 2.24) is 30.3 Å². The van der Waals surface area contributed by atoms with Gasteiger partial charge in [0.2, 0.25) is 5.95 Å². The number of aryl methyl sites for hydroxylation is 2. The average Bonchev–Trinajstić information content (AvgIpc) is 2.83. The van der Waals surface area contributed by atoms with Crippen molar-refractivity contribution in [3.8, 4) is 0 Å². The zero-order valence-electron chi connectivity index (χ0n) is 10.9. The highest BCUT2D eigenvalue weighted by Gasteiger charge is 2.07. The van der Waals surface area contributed by atoms with Crippen molar-refractivity contribution >= 4 is 5.95 Å². The van der Waals surface area contributed by atoms with Crippen LogP contribution in [0, 0.1) is 13.8 Å². The molecule has 0 aromatic carbocycles. The van der Waals surface area contributed by atoms with Gasteiger partial charge in [0.15, 0.2) is 0 Å². The molecule has 0 aliphatic rings. The highest BCUT2D eigenvalue weighted by Crippen LogP contribution is 2.03. The Morgan fingerprint density at radius 2 is 2.28 bits per heavy atom. The van der Waals surface area contributed by atoms with E-state index in [0.29, 0.717) is 6.54 Å². The summed E-state index contributed by atoms with van der Waals surface area (Å²) in [6, 6.07) is 2.36. The van der Waals surface area contributed by atoms with Gasteiger partial charge in [-0.25, -0.2) is 0 Å². The number of anilines is 1. The summed E-state index contributed by atoms with van der Waals surface area (Å²) in [5.41, 5.74) is 7.65. The fraction of sp³-hybridized carbons (Fsp3) is 0.545. The monoisotopic (exact) mass is 249 g/mol. The Hall–Kier alpha value is -1.89. The molecule has 0 bridgehead atoms. The third-order valence-electron chi connectivity index (χ3n) is 2.72. The summed E-state index contributed by atoms with van der Waals surface area (Å²) in [5.74, 6) is 1.02. The molecule has 2 aromatic heterocycles. The number of H-pyrrole nitrogens is 1. The largest absolute Gasteiger partial charge is 0.367 e. The average molecular weight is 249 g/mol. The van der Waals surface area contributed by atoms with E-state index in [4.69, 9.17) is 5.73 Å². The number of aromatic amines is 1. The first-order chi connectivity index (χ1) is 8.54. The zero-order chi connectivity index (χ0) is 13.1. The number of nitrogens with zero attached hydrogens (tertiary/aromatic N) is 4. The lowest BCUT2D eigenvalue weighted by Crippen LogP contribution is -2.31. The number of nitrogens with one attached hydrogen (secondary N) is 2. The molecule has 0 aliphatic heterocycles. The molecule has 0 spiro atoms. The molecule has 7 heteroatoms. The maximum atomic E-state index is 5.44. The smallest absolute Gasteiger partial charge is 0.239 e. The van der Waals surface area contributed by atoms with Gasteiger partial charge in [0.1, 0.15) is 5.82 Å². The Labute approximate surface area is 106 Å². The van der Waals surface area contributed by atoms with Crippen LogP contribution in [0.2, 0.25) is 0 Å². The van der Waals surface area contributed by atoms with Gasteiger partial charge in [-0.05, 0) is 26.8 Å². The Bertz CT molecular complexity index is 513. The van der Waals surface area contributed by atoms with Gasteiger partial charge in [-0.15, -0.1) is 5.10 Å². The van der Waals surface area contributed by atoms with Crippen molar-refractivity contribution in [3.05, 3.63) is 23.3 Å². The molecule has 0 saturated heterocycles. The fourth-order valence-corrected chi connectivity index (χ4v) is 1.84. The van der Waals surface area contributed by atoms with Crippen molar-refractivity contribution in [1.29, 1.82) is 0 Å². The highest BCUT2D eigenvalue weighted by atomic mass is 15.3.